The molecule has 0 aliphatic rings. The Labute approximate surface area is 165 Å². The molecule has 2 rings (SSSR count). The molecule has 0 aliphatic carbocycles. The van der Waals surface area contributed by atoms with Gasteiger partial charge in [0, 0.05) is 17.5 Å². The zero-order valence-electron chi connectivity index (χ0n) is 15.4. The number of sulfonamides is 1. The van der Waals surface area contributed by atoms with Crippen LogP contribution in [0.15, 0.2) is 29.2 Å². The van der Waals surface area contributed by atoms with E-state index in [9.17, 15) is 22.8 Å². The number of esters is 1. The second-order valence-corrected chi connectivity index (χ2v) is 8.65. The summed E-state index contributed by atoms with van der Waals surface area (Å²) in [5.74, 6) is -1.66. The van der Waals surface area contributed by atoms with Crippen molar-refractivity contribution in [2.45, 2.75) is 25.7 Å². The zero-order chi connectivity index (χ0) is 21.1. The van der Waals surface area contributed by atoms with Crippen LogP contribution in [-0.2, 0) is 24.3 Å². The number of primary sulfonamides is 1. The highest BCUT2D eigenvalue weighted by Gasteiger charge is 2.22. The Morgan fingerprint density at radius 3 is 2.25 bits per heavy atom. The molecule has 1 heterocycles. The SMILES string of the molecule is CC(=O)Nc1sc(C)c(C)c1C(=O)OCC(=O)Nc1ccc(S(N)(=O)=O)cc1. The minimum atomic E-state index is -3.83. The average Bonchev–Trinajstić information content (AvgIpc) is 2.85. The maximum atomic E-state index is 12.4. The highest BCUT2D eigenvalue weighted by Crippen LogP contribution is 2.33. The van der Waals surface area contributed by atoms with Gasteiger partial charge in [0.25, 0.3) is 5.91 Å². The minimum absolute atomic E-state index is 0.0919. The van der Waals surface area contributed by atoms with Crippen LogP contribution in [0, 0.1) is 13.8 Å². The summed E-state index contributed by atoms with van der Waals surface area (Å²) in [5.41, 5.74) is 1.19. The van der Waals surface area contributed by atoms with E-state index >= 15 is 0 Å². The van der Waals surface area contributed by atoms with E-state index in [1.807, 2.05) is 0 Å². The van der Waals surface area contributed by atoms with Gasteiger partial charge in [0.15, 0.2) is 6.61 Å². The van der Waals surface area contributed by atoms with Gasteiger partial charge in [-0.15, -0.1) is 11.3 Å². The van der Waals surface area contributed by atoms with Gasteiger partial charge in [0.2, 0.25) is 15.9 Å². The third-order valence-electron chi connectivity index (χ3n) is 3.68. The molecule has 0 saturated carbocycles. The fraction of sp³-hybridized carbons (Fsp3) is 0.235. The first-order valence-electron chi connectivity index (χ1n) is 7.96. The summed E-state index contributed by atoms with van der Waals surface area (Å²) in [7, 11) is -3.83. The minimum Gasteiger partial charge on any atom is -0.452 e. The van der Waals surface area contributed by atoms with E-state index in [2.05, 4.69) is 10.6 Å². The molecule has 0 fully saturated rings. The standard InChI is InChI=1S/C17H19N3O6S2/c1-9-10(2)27-16(19-11(3)21)15(9)17(23)26-8-14(22)20-12-4-6-13(7-5-12)28(18,24)25/h4-7H,8H2,1-3H3,(H,19,21)(H,20,22)(H2,18,24,25). The Morgan fingerprint density at radius 2 is 1.71 bits per heavy atom. The molecule has 1 aromatic heterocycles. The number of hydrogen-bond donors (Lipinski definition) is 3. The fourth-order valence-corrected chi connectivity index (χ4v) is 3.86. The first-order chi connectivity index (χ1) is 13.0. The molecule has 9 nitrogen and oxygen atoms in total. The van der Waals surface area contributed by atoms with Crippen LogP contribution in [0.4, 0.5) is 10.7 Å². The highest BCUT2D eigenvalue weighted by molar-refractivity contribution is 7.89. The predicted octanol–water partition coefficient (Wildman–Crippen LogP) is 1.77. The largest absolute Gasteiger partial charge is 0.452 e. The van der Waals surface area contributed by atoms with Gasteiger partial charge >= 0.3 is 5.97 Å². The molecular formula is C17H19N3O6S2. The summed E-state index contributed by atoms with van der Waals surface area (Å²) < 4.78 is 27.5. The molecule has 0 radical (unpaired) electrons. The third-order valence-corrected chi connectivity index (χ3v) is 5.73. The molecule has 11 heteroatoms. The van der Waals surface area contributed by atoms with Gasteiger partial charge in [-0.1, -0.05) is 0 Å². The lowest BCUT2D eigenvalue weighted by molar-refractivity contribution is -0.119. The lowest BCUT2D eigenvalue weighted by Gasteiger charge is -2.08. The second kappa shape index (κ2) is 8.50. The number of nitrogens with one attached hydrogen (secondary N) is 2. The number of nitrogens with two attached hydrogens (primary N) is 1. The van der Waals surface area contributed by atoms with Crippen LogP contribution in [0.3, 0.4) is 0 Å². The van der Waals surface area contributed by atoms with Crippen LogP contribution in [0.2, 0.25) is 0 Å². The van der Waals surface area contributed by atoms with Gasteiger partial charge in [-0.05, 0) is 43.7 Å². The highest BCUT2D eigenvalue weighted by atomic mass is 32.2. The van der Waals surface area contributed by atoms with E-state index in [0.29, 0.717) is 16.3 Å². The monoisotopic (exact) mass is 425 g/mol. The molecule has 0 saturated heterocycles. The summed E-state index contributed by atoms with van der Waals surface area (Å²) in [5, 5.41) is 10.4. The second-order valence-electron chi connectivity index (χ2n) is 5.86. The molecule has 0 aliphatic heterocycles. The molecular weight excluding hydrogens is 406 g/mol. The van der Waals surface area contributed by atoms with Crippen molar-refractivity contribution in [1.29, 1.82) is 0 Å². The van der Waals surface area contributed by atoms with E-state index in [1.165, 1.54) is 42.5 Å². The van der Waals surface area contributed by atoms with Crippen LogP contribution >= 0.6 is 11.3 Å². The van der Waals surface area contributed by atoms with E-state index in [0.717, 1.165) is 4.88 Å². The van der Waals surface area contributed by atoms with Crippen molar-refractivity contribution < 1.29 is 27.5 Å². The summed E-state index contributed by atoms with van der Waals surface area (Å²) in [6, 6.07) is 5.21. The van der Waals surface area contributed by atoms with E-state index in [4.69, 9.17) is 9.88 Å². The van der Waals surface area contributed by atoms with Crippen molar-refractivity contribution in [3.8, 4) is 0 Å². The average molecular weight is 425 g/mol. The fourth-order valence-electron chi connectivity index (χ4n) is 2.25. The number of hydrogen-bond acceptors (Lipinski definition) is 7. The summed E-state index contributed by atoms with van der Waals surface area (Å²) >= 11 is 1.25. The molecule has 0 spiro atoms. The normalized spacial score (nSPS) is 11.0. The molecule has 2 aromatic rings. The van der Waals surface area contributed by atoms with E-state index in [-0.39, 0.29) is 16.4 Å². The van der Waals surface area contributed by atoms with Crippen LogP contribution in [0.1, 0.15) is 27.7 Å². The van der Waals surface area contributed by atoms with Crippen molar-refractivity contribution in [3.05, 3.63) is 40.3 Å². The van der Waals surface area contributed by atoms with E-state index in [1.54, 1.807) is 13.8 Å². The number of ether oxygens (including phenoxy) is 1. The van der Waals surface area contributed by atoms with Gasteiger partial charge in [-0.25, -0.2) is 18.4 Å². The van der Waals surface area contributed by atoms with Crippen molar-refractivity contribution in [3.63, 3.8) is 0 Å². The lowest BCUT2D eigenvalue weighted by atomic mass is 10.1. The van der Waals surface area contributed by atoms with Crippen molar-refractivity contribution >= 4 is 49.8 Å². The molecule has 0 unspecified atom stereocenters. The first-order valence-corrected chi connectivity index (χ1v) is 10.3. The zero-order valence-corrected chi connectivity index (χ0v) is 17.0. The van der Waals surface area contributed by atoms with Gasteiger partial charge in [-0.3, -0.25) is 9.59 Å². The molecule has 0 bridgehead atoms. The van der Waals surface area contributed by atoms with Crippen molar-refractivity contribution in [2.24, 2.45) is 5.14 Å². The Kier molecular flexibility index (Phi) is 6.54. The summed E-state index contributed by atoms with van der Waals surface area (Å²) in [6.07, 6.45) is 0. The number of anilines is 2. The van der Waals surface area contributed by atoms with Gasteiger partial charge in [-0.2, -0.15) is 0 Å². The number of carbonyl (C=O) groups excluding carboxylic acids is 3. The van der Waals surface area contributed by atoms with Crippen LogP contribution < -0.4 is 15.8 Å². The van der Waals surface area contributed by atoms with Crippen molar-refractivity contribution in [1.82, 2.24) is 0 Å². The Bertz CT molecular complexity index is 1030. The number of carbonyl (C=O) groups is 3. The number of benzene rings is 1. The summed E-state index contributed by atoms with van der Waals surface area (Å²) in [6.45, 7) is 4.30. The van der Waals surface area contributed by atoms with E-state index < -0.39 is 28.5 Å². The first kappa shape index (κ1) is 21.5. The molecule has 28 heavy (non-hydrogen) atoms. The van der Waals surface area contributed by atoms with Gasteiger partial charge in [0.05, 0.1) is 10.5 Å². The van der Waals surface area contributed by atoms with Crippen molar-refractivity contribution in [2.75, 3.05) is 17.2 Å². The Morgan fingerprint density at radius 1 is 1.11 bits per heavy atom. The van der Waals surface area contributed by atoms with Crippen LogP contribution in [0.25, 0.3) is 0 Å². The third kappa shape index (κ3) is 5.38. The lowest BCUT2D eigenvalue weighted by Crippen LogP contribution is -2.21. The number of rotatable bonds is 6. The van der Waals surface area contributed by atoms with Gasteiger partial charge in [0.1, 0.15) is 5.00 Å². The summed E-state index contributed by atoms with van der Waals surface area (Å²) in [4.78, 5) is 36.4. The Hall–Kier alpha value is -2.76. The Balaban J connectivity index is 2.01. The number of aryl methyl sites for hydroxylation is 1. The molecule has 4 N–H and O–H groups in total. The molecule has 0 atom stereocenters. The van der Waals surface area contributed by atoms with Gasteiger partial charge < -0.3 is 15.4 Å². The molecule has 1 aromatic carbocycles. The topological polar surface area (TPSA) is 145 Å². The maximum absolute atomic E-state index is 12.4. The maximum Gasteiger partial charge on any atom is 0.341 e. The molecule has 150 valence electrons. The number of thiophene rings is 1. The number of amides is 2. The quantitative estimate of drug-likeness (QED) is 0.602. The smallest absolute Gasteiger partial charge is 0.341 e. The molecule has 2 amide bonds. The van der Waals surface area contributed by atoms with Crippen LogP contribution in [-0.4, -0.2) is 32.8 Å². The van der Waals surface area contributed by atoms with Crippen LogP contribution in [0.5, 0.6) is 0 Å². The predicted molar refractivity (Wildman–Crippen MR) is 105 cm³/mol.